The van der Waals surface area contributed by atoms with Crippen LogP contribution in [0.5, 0.6) is 11.5 Å². The number of allylic oxidation sites excluding steroid dienone is 1. The number of carbonyl (C=O) groups excluding carboxylic acids is 1. The Morgan fingerprint density at radius 1 is 1.16 bits per heavy atom. The van der Waals surface area contributed by atoms with Gasteiger partial charge in [0.2, 0.25) is 0 Å². The maximum Gasteiger partial charge on any atom is 0.294 e. The number of nitro groups is 1. The summed E-state index contributed by atoms with van der Waals surface area (Å²) < 4.78 is 10.3. The van der Waals surface area contributed by atoms with Crippen LogP contribution in [0.25, 0.3) is 0 Å². The van der Waals surface area contributed by atoms with Gasteiger partial charge in [-0.3, -0.25) is 14.9 Å². The Hall–Kier alpha value is -3.06. The quantitative estimate of drug-likeness (QED) is 0.345. The van der Waals surface area contributed by atoms with E-state index in [-0.39, 0.29) is 22.2 Å². The molecule has 0 aliphatic rings. The zero-order valence-electron chi connectivity index (χ0n) is 13.5. The average Bonchev–Trinajstić information content (AvgIpc) is 2.61. The Bertz CT molecular complexity index is 836. The van der Waals surface area contributed by atoms with Crippen LogP contribution in [-0.2, 0) is 0 Å². The van der Waals surface area contributed by atoms with Crippen LogP contribution in [0.3, 0.4) is 0 Å². The molecule has 0 saturated carbocycles. The van der Waals surface area contributed by atoms with E-state index < -0.39 is 4.92 Å². The Morgan fingerprint density at radius 2 is 1.88 bits per heavy atom. The lowest BCUT2D eigenvalue weighted by Crippen LogP contribution is -2.00. The van der Waals surface area contributed by atoms with Crippen LogP contribution in [0.4, 0.5) is 11.4 Å². The molecule has 2 aromatic rings. The van der Waals surface area contributed by atoms with E-state index in [9.17, 15) is 14.9 Å². The van der Waals surface area contributed by atoms with Gasteiger partial charge in [0.1, 0.15) is 5.69 Å². The molecule has 1 N–H and O–H groups in total. The first kappa shape index (κ1) is 18.3. The Balaban J connectivity index is 2.15. The first-order valence-corrected chi connectivity index (χ1v) is 7.47. The molecule has 25 heavy (non-hydrogen) atoms. The van der Waals surface area contributed by atoms with Gasteiger partial charge in [0.25, 0.3) is 5.69 Å². The lowest BCUT2D eigenvalue weighted by atomic mass is 10.1. The van der Waals surface area contributed by atoms with E-state index in [2.05, 4.69) is 5.32 Å². The van der Waals surface area contributed by atoms with Gasteiger partial charge in [-0.1, -0.05) is 11.6 Å². The van der Waals surface area contributed by atoms with Gasteiger partial charge in [-0.05, 0) is 30.3 Å². The molecule has 0 fully saturated rings. The summed E-state index contributed by atoms with van der Waals surface area (Å²) >= 11 is 5.75. The second kappa shape index (κ2) is 8.16. The summed E-state index contributed by atoms with van der Waals surface area (Å²) in [5.41, 5.74) is 0.433. The molecule has 0 amide bonds. The average molecular weight is 363 g/mol. The minimum absolute atomic E-state index is 0.185. The van der Waals surface area contributed by atoms with Gasteiger partial charge in [-0.25, -0.2) is 0 Å². The number of ketones is 1. The van der Waals surface area contributed by atoms with Crippen LogP contribution < -0.4 is 14.8 Å². The number of nitro benzene ring substituents is 1. The van der Waals surface area contributed by atoms with Gasteiger partial charge >= 0.3 is 0 Å². The summed E-state index contributed by atoms with van der Waals surface area (Å²) in [6.45, 7) is 0. The second-order valence-corrected chi connectivity index (χ2v) is 5.27. The highest BCUT2D eigenvalue weighted by Crippen LogP contribution is 2.29. The van der Waals surface area contributed by atoms with Gasteiger partial charge in [-0.15, -0.1) is 0 Å². The van der Waals surface area contributed by atoms with Crippen molar-refractivity contribution >= 4 is 28.8 Å². The second-order valence-electron chi connectivity index (χ2n) is 4.83. The molecule has 0 atom stereocenters. The zero-order valence-corrected chi connectivity index (χ0v) is 14.2. The first-order chi connectivity index (χ1) is 12.0. The molecule has 7 nitrogen and oxygen atoms in total. The van der Waals surface area contributed by atoms with E-state index in [1.54, 1.807) is 18.2 Å². The molecule has 0 radical (unpaired) electrons. The predicted octanol–water partition coefficient (Wildman–Crippen LogP) is 4.07. The fraction of sp³-hybridized carbons (Fsp3) is 0.118. The Morgan fingerprint density at radius 3 is 2.52 bits per heavy atom. The number of benzene rings is 2. The summed E-state index contributed by atoms with van der Waals surface area (Å²) in [7, 11) is 2.98. The number of ether oxygens (including phenoxy) is 2. The number of nitrogens with one attached hydrogen (secondary N) is 1. The maximum absolute atomic E-state index is 12.2. The minimum atomic E-state index is -0.557. The topological polar surface area (TPSA) is 90.7 Å². The standard InChI is InChI=1S/C17H15ClN2O5/c1-24-16-6-3-11(9-17(16)25-2)15(21)7-8-19-13-5-4-12(18)10-14(13)20(22)23/h3-10,19H,1-2H3/b8-7+. The minimum Gasteiger partial charge on any atom is -0.493 e. The summed E-state index contributed by atoms with van der Waals surface area (Å²) in [5, 5.41) is 14.0. The van der Waals surface area contributed by atoms with Crippen molar-refractivity contribution in [2.45, 2.75) is 0 Å². The molecule has 2 rings (SSSR count). The van der Waals surface area contributed by atoms with Crippen molar-refractivity contribution in [3.05, 3.63) is 69.4 Å². The molecule has 0 bridgehead atoms. The van der Waals surface area contributed by atoms with Gasteiger partial charge in [0, 0.05) is 28.9 Å². The highest BCUT2D eigenvalue weighted by atomic mass is 35.5. The number of carbonyl (C=O) groups is 1. The van der Waals surface area contributed by atoms with E-state index in [0.717, 1.165) is 0 Å². The SMILES string of the molecule is COc1ccc(C(=O)/C=C/Nc2ccc(Cl)cc2[N+](=O)[O-])cc1OC. The fourth-order valence-corrected chi connectivity index (χ4v) is 2.24. The van der Waals surface area contributed by atoms with Crippen molar-refractivity contribution in [3.8, 4) is 11.5 Å². The predicted molar refractivity (Wildman–Crippen MR) is 94.7 cm³/mol. The van der Waals surface area contributed by atoms with Crippen molar-refractivity contribution in [2.75, 3.05) is 19.5 Å². The van der Waals surface area contributed by atoms with E-state index in [0.29, 0.717) is 17.1 Å². The van der Waals surface area contributed by atoms with Crippen LogP contribution in [0, 0.1) is 10.1 Å². The smallest absolute Gasteiger partial charge is 0.294 e. The molecule has 0 aliphatic heterocycles. The lowest BCUT2D eigenvalue weighted by Gasteiger charge is -2.08. The van der Waals surface area contributed by atoms with E-state index in [1.807, 2.05) is 0 Å². The number of anilines is 1. The van der Waals surface area contributed by atoms with Gasteiger partial charge in [0.05, 0.1) is 19.1 Å². The van der Waals surface area contributed by atoms with E-state index in [1.165, 1.54) is 44.7 Å². The molecule has 0 aromatic heterocycles. The summed E-state index contributed by atoms with van der Waals surface area (Å²) in [4.78, 5) is 22.7. The molecule has 0 heterocycles. The largest absolute Gasteiger partial charge is 0.493 e. The summed E-state index contributed by atoms with van der Waals surface area (Å²) in [6.07, 6.45) is 2.59. The maximum atomic E-state index is 12.2. The molecule has 0 aliphatic carbocycles. The number of hydrogen-bond donors (Lipinski definition) is 1. The zero-order chi connectivity index (χ0) is 18.4. The molecule has 0 spiro atoms. The number of rotatable bonds is 7. The van der Waals surface area contributed by atoms with E-state index in [4.69, 9.17) is 21.1 Å². The van der Waals surface area contributed by atoms with Crippen molar-refractivity contribution in [1.29, 1.82) is 0 Å². The van der Waals surface area contributed by atoms with Crippen molar-refractivity contribution < 1.29 is 19.2 Å². The van der Waals surface area contributed by atoms with Gasteiger partial charge in [0.15, 0.2) is 17.3 Å². The van der Waals surface area contributed by atoms with Crippen LogP contribution in [0.1, 0.15) is 10.4 Å². The molecule has 8 heteroatoms. The van der Waals surface area contributed by atoms with Crippen LogP contribution in [0.15, 0.2) is 48.7 Å². The van der Waals surface area contributed by atoms with Crippen molar-refractivity contribution in [3.63, 3.8) is 0 Å². The Kier molecular flexibility index (Phi) is 5.97. The van der Waals surface area contributed by atoms with Crippen LogP contribution >= 0.6 is 11.6 Å². The summed E-state index contributed by atoms with van der Waals surface area (Å²) in [5.74, 6) is 0.645. The molecule has 0 saturated heterocycles. The highest BCUT2D eigenvalue weighted by molar-refractivity contribution is 6.30. The van der Waals surface area contributed by atoms with Crippen LogP contribution in [0.2, 0.25) is 5.02 Å². The number of hydrogen-bond acceptors (Lipinski definition) is 6. The molecule has 130 valence electrons. The van der Waals surface area contributed by atoms with Crippen molar-refractivity contribution in [1.82, 2.24) is 0 Å². The third kappa shape index (κ3) is 4.48. The monoisotopic (exact) mass is 362 g/mol. The Labute approximate surface area is 149 Å². The molecular weight excluding hydrogens is 348 g/mol. The molecular formula is C17H15ClN2O5. The number of halogens is 1. The van der Waals surface area contributed by atoms with Gasteiger partial charge < -0.3 is 14.8 Å². The molecule has 0 unspecified atom stereocenters. The van der Waals surface area contributed by atoms with Gasteiger partial charge in [-0.2, -0.15) is 0 Å². The van der Waals surface area contributed by atoms with E-state index >= 15 is 0 Å². The fourth-order valence-electron chi connectivity index (χ4n) is 2.07. The normalized spacial score (nSPS) is 10.5. The first-order valence-electron chi connectivity index (χ1n) is 7.09. The third-order valence-corrected chi connectivity index (χ3v) is 3.53. The molecule has 2 aromatic carbocycles. The summed E-state index contributed by atoms with van der Waals surface area (Å²) in [6, 6.07) is 8.98. The number of methoxy groups -OCH3 is 2. The van der Waals surface area contributed by atoms with Crippen molar-refractivity contribution in [2.24, 2.45) is 0 Å². The number of nitrogens with zero attached hydrogens (tertiary/aromatic N) is 1. The lowest BCUT2D eigenvalue weighted by molar-refractivity contribution is -0.383. The third-order valence-electron chi connectivity index (χ3n) is 3.30. The van der Waals surface area contributed by atoms with Crippen LogP contribution in [-0.4, -0.2) is 24.9 Å². The highest BCUT2D eigenvalue weighted by Gasteiger charge is 2.13.